The van der Waals surface area contributed by atoms with E-state index in [-0.39, 0.29) is 0 Å². The molecule has 90 valence electrons. The fraction of sp³-hybridized carbons (Fsp3) is 1.00. The lowest BCUT2D eigenvalue weighted by molar-refractivity contribution is 0.0249. The summed E-state index contributed by atoms with van der Waals surface area (Å²) in [4.78, 5) is 0. The van der Waals surface area contributed by atoms with Gasteiger partial charge in [-0.1, -0.05) is 54.4 Å². The zero-order valence-corrected chi connectivity index (χ0v) is 11.6. The van der Waals surface area contributed by atoms with Crippen LogP contribution in [0.4, 0.5) is 0 Å². The fourth-order valence-electron chi connectivity index (χ4n) is 3.58. The Labute approximate surface area is 96.8 Å². The zero-order valence-electron chi connectivity index (χ0n) is 11.6. The maximum Gasteiger partial charge on any atom is -0.0326 e. The lowest BCUT2D eigenvalue weighted by Gasteiger charge is -2.47. The normalized spacial score (nSPS) is 37.6. The summed E-state index contributed by atoms with van der Waals surface area (Å²) < 4.78 is 0. The van der Waals surface area contributed by atoms with Crippen LogP contribution in [-0.2, 0) is 0 Å². The predicted octanol–water partition coefficient (Wildman–Crippen LogP) is 5.13. The largest absolute Gasteiger partial charge is 0.0654 e. The molecule has 0 amide bonds. The van der Waals surface area contributed by atoms with Crippen LogP contribution in [0.2, 0.25) is 0 Å². The van der Waals surface area contributed by atoms with Gasteiger partial charge in [0.1, 0.15) is 0 Å². The first-order chi connectivity index (χ1) is 6.90. The van der Waals surface area contributed by atoms with Crippen LogP contribution in [0.3, 0.4) is 0 Å². The van der Waals surface area contributed by atoms with Crippen LogP contribution in [0.1, 0.15) is 67.2 Å². The Kier molecular flexibility index (Phi) is 4.26. The molecule has 0 aliphatic heterocycles. The lowest BCUT2D eigenvalue weighted by Crippen LogP contribution is -2.39. The van der Waals surface area contributed by atoms with E-state index < -0.39 is 0 Å². The number of hydrogen-bond donors (Lipinski definition) is 0. The topological polar surface area (TPSA) is 0 Å². The molecule has 1 saturated carbocycles. The lowest BCUT2D eigenvalue weighted by atomic mass is 9.58. The minimum absolute atomic E-state index is 0.571. The SMILES string of the molecule is CCCC(C)C1CCC(C)(C)C(C)C1C. The number of rotatable bonds is 3. The van der Waals surface area contributed by atoms with Crippen molar-refractivity contribution in [2.75, 3.05) is 0 Å². The Balaban J connectivity index is 2.64. The van der Waals surface area contributed by atoms with E-state index in [4.69, 9.17) is 0 Å². The molecule has 0 aromatic rings. The van der Waals surface area contributed by atoms with Crippen LogP contribution in [0, 0.1) is 29.1 Å². The van der Waals surface area contributed by atoms with Crippen molar-refractivity contribution < 1.29 is 0 Å². The first kappa shape index (κ1) is 13.1. The summed E-state index contributed by atoms with van der Waals surface area (Å²) in [6, 6.07) is 0. The third kappa shape index (κ3) is 2.77. The molecule has 4 atom stereocenters. The molecule has 15 heavy (non-hydrogen) atoms. The molecule has 0 aromatic heterocycles. The van der Waals surface area contributed by atoms with Crippen molar-refractivity contribution in [1.29, 1.82) is 0 Å². The maximum absolute atomic E-state index is 2.49. The highest BCUT2D eigenvalue weighted by molar-refractivity contribution is 4.89. The summed E-state index contributed by atoms with van der Waals surface area (Å²) in [6.45, 7) is 14.6. The van der Waals surface area contributed by atoms with Crippen LogP contribution >= 0.6 is 0 Å². The number of hydrogen-bond acceptors (Lipinski definition) is 0. The van der Waals surface area contributed by atoms with Gasteiger partial charge in [0, 0.05) is 0 Å². The summed E-state index contributed by atoms with van der Waals surface area (Å²) in [5, 5.41) is 0. The molecule has 1 aliphatic carbocycles. The molecule has 0 nitrogen and oxygen atoms in total. The first-order valence-corrected chi connectivity index (χ1v) is 6.90. The monoisotopic (exact) mass is 210 g/mol. The molecular formula is C15H30. The van der Waals surface area contributed by atoms with E-state index >= 15 is 0 Å². The summed E-state index contributed by atoms with van der Waals surface area (Å²) in [5.41, 5.74) is 0.571. The molecule has 0 radical (unpaired) electrons. The second-order valence-corrected chi connectivity index (χ2v) is 6.60. The minimum atomic E-state index is 0.571. The second kappa shape index (κ2) is 4.89. The summed E-state index contributed by atoms with van der Waals surface area (Å²) >= 11 is 0. The van der Waals surface area contributed by atoms with Crippen molar-refractivity contribution in [2.24, 2.45) is 29.1 Å². The van der Waals surface area contributed by atoms with Crippen LogP contribution in [-0.4, -0.2) is 0 Å². The van der Waals surface area contributed by atoms with Gasteiger partial charge in [-0.15, -0.1) is 0 Å². The third-order valence-corrected chi connectivity index (χ3v) is 5.29. The van der Waals surface area contributed by atoms with E-state index in [0.29, 0.717) is 5.41 Å². The smallest absolute Gasteiger partial charge is 0.0326 e. The van der Waals surface area contributed by atoms with Gasteiger partial charge in [0.25, 0.3) is 0 Å². The van der Waals surface area contributed by atoms with Gasteiger partial charge in [-0.05, 0) is 41.9 Å². The summed E-state index contributed by atoms with van der Waals surface area (Å²) in [7, 11) is 0. The molecular weight excluding hydrogens is 180 g/mol. The van der Waals surface area contributed by atoms with E-state index in [0.717, 1.165) is 23.7 Å². The molecule has 1 fully saturated rings. The van der Waals surface area contributed by atoms with Gasteiger partial charge in [0.05, 0.1) is 0 Å². The van der Waals surface area contributed by atoms with Gasteiger partial charge in [0.2, 0.25) is 0 Å². The average molecular weight is 210 g/mol. The Morgan fingerprint density at radius 3 is 2.40 bits per heavy atom. The highest BCUT2D eigenvalue weighted by atomic mass is 14.4. The maximum atomic E-state index is 2.49. The Hall–Kier alpha value is 0. The molecule has 0 aromatic carbocycles. The average Bonchev–Trinajstić information content (AvgIpc) is 2.15. The Bertz CT molecular complexity index is 192. The van der Waals surface area contributed by atoms with E-state index in [1.165, 1.54) is 25.7 Å². The van der Waals surface area contributed by atoms with Gasteiger partial charge < -0.3 is 0 Å². The van der Waals surface area contributed by atoms with Gasteiger partial charge in [-0.25, -0.2) is 0 Å². The van der Waals surface area contributed by atoms with Crippen LogP contribution in [0.5, 0.6) is 0 Å². The zero-order chi connectivity index (χ0) is 11.6. The summed E-state index contributed by atoms with van der Waals surface area (Å²) in [6.07, 6.45) is 5.65. The van der Waals surface area contributed by atoms with Gasteiger partial charge in [0.15, 0.2) is 0 Å². The van der Waals surface area contributed by atoms with Crippen molar-refractivity contribution in [1.82, 2.24) is 0 Å². The molecule has 0 heterocycles. The quantitative estimate of drug-likeness (QED) is 0.605. The predicted molar refractivity (Wildman–Crippen MR) is 68.9 cm³/mol. The van der Waals surface area contributed by atoms with Gasteiger partial charge in [-0.2, -0.15) is 0 Å². The fourth-order valence-corrected chi connectivity index (χ4v) is 3.58. The summed E-state index contributed by atoms with van der Waals surface area (Å²) in [5.74, 6) is 3.71. The molecule has 1 rings (SSSR count). The van der Waals surface area contributed by atoms with Crippen molar-refractivity contribution in [3.8, 4) is 0 Å². The highest BCUT2D eigenvalue weighted by Gasteiger charge is 2.40. The minimum Gasteiger partial charge on any atom is -0.0654 e. The molecule has 0 bridgehead atoms. The van der Waals surface area contributed by atoms with Crippen LogP contribution in [0.15, 0.2) is 0 Å². The molecule has 0 N–H and O–H groups in total. The second-order valence-electron chi connectivity index (χ2n) is 6.60. The molecule has 0 heteroatoms. The van der Waals surface area contributed by atoms with Crippen LogP contribution < -0.4 is 0 Å². The Morgan fingerprint density at radius 1 is 1.27 bits per heavy atom. The van der Waals surface area contributed by atoms with Crippen LogP contribution in [0.25, 0.3) is 0 Å². The van der Waals surface area contributed by atoms with E-state index in [1.54, 1.807) is 0 Å². The van der Waals surface area contributed by atoms with Gasteiger partial charge in [-0.3, -0.25) is 0 Å². The third-order valence-electron chi connectivity index (χ3n) is 5.29. The Morgan fingerprint density at radius 2 is 1.87 bits per heavy atom. The molecule has 4 unspecified atom stereocenters. The standard InChI is InChI=1S/C15H30/c1-7-8-11(2)14-9-10-15(5,6)13(4)12(14)3/h11-14H,7-10H2,1-6H3. The molecule has 0 spiro atoms. The van der Waals surface area contributed by atoms with Crippen molar-refractivity contribution >= 4 is 0 Å². The molecule has 0 saturated heterocycles. The van der Waals surface area contributed by atoms with E-state index in [2.05, 4.69) is 41.5 Å². The van der Waals surface area contributed by atoms with E-state index in [1.807, 2.05) is 0 Å². The van der Waals surface area contributed by atoms with Gasteiger partial charge >= 0.3 is 0 Å². The first-order valence-electron chi connectivity index (χ1n) is 6.90. The highest BCUT2D eigenvalue weighted by Crippen LogP contribution is 2.48. The van der Waals surface area contributed by atoms with E-state index in [9.17, 15) is 0 Å². The van der Waals surface area contributed by atoms with Crippen molar-refractivity contribution in [3.63, 3.8) is 0 Å². The van der Waals surface area contributed by atoms with Crippen molar-refractivity contribution in [2.45, 2.75) is 67.2 Å². The van der Waals surface area contributed by atoms with Crippen molar-refractivity contribution in [3.05, 3.63) is 0 Å². The molecule has 1 aliphatic rings.